The molecule has 0 aliphatic heterocycles. The van der Waals surface area contributed by atoms with Crippen molar-refractivity contribution in [3.05, 3.63) is 40.5 Å². The highest BCUT2D eigenvalue weighted by molar-refractivity contribution is 6.32. The molecule has 0 spiro atoms. The van der Waals surface area contributed by atoms with Gasteiger partial charge in [0.05, 0.1) is 5.02 Å². The molecule has 0 aliphatic carbocycles. The van der Waals surface area contributed by atoms with E-state index in [2.05, 4.69) is 15.5 Å². The minimum absolute atomic E-state index is 0.210. The van der Waals surface area contributed by atoms with Crippen LogP contribution in [0.25, 0.3) is 0 Å². The van der Waals surface area contributed by atoms with Crippen molar-refractivity contribution >= 4 is 11.6 Å². The summed E-state index contributed by atoms with van der Waals surface area (Å²) in [7, 11) is 1.87. The molecule has 0 bridgehead atoms. The van der Waals surface area contributed by atoms with Gasteiger partial charge in [0.1, 0.15) is 5.75 Å². The van der Waals surface area contributed by atoms with Crippen molar-refractivity contribution in [2.75, 3.05) is 7.05 Å². The fourth-order valence-corrected chi connectivity index (χ4v) is 1.83. The predicted molar refractivity (Wildman–Crippen MR) is 67.6 cm³/mol. The zero-order valence-electron chi connectivity index (χ0n) is 10.2. The third-order valence-corrected chi connectivity index (χ3v) is 2.62. The molecule has 0 unspecified atom stereocenters. The summed E-state index contributed by atoms with van der Waals surface area (Å²) in [5.41, 5.74) is 0.987. The Bertz CT molecular complexity index is 528. The van der Waals surface area contributed by atoms with Crippen LogP contribution in [0.4, 0.5) is 0 Å². The number of nitrogens with zero attached hydrogens (tertiary/aromatic N) is 2. The van der Waals surface area contributed by atoms with Crippen molar-refractivity contribution in [2.24, 2.45) is 0 Å². The van der Waals surface area contributed by atoms with Gasteiger partial charge in [0.15, 0.2) is 12.4 Å². The minimum atomic E-state index is 0.210. The van der Waals surface area contributed by atoms with E-state index in [1.54, 1.807) is 13.0 Å². The third-order valence-electron chi connectivity index (χ3n) is 2.33. The van der Waals surface area contributed by atoms with E-state index in [0.717, 1.165) is 5.56 Å². The molecule has 1 aromatic heterocycles. The van der Waals surface area contributed by atoms with Crippen LogP contribution in [0, 0.1) is 6.92 Å². The normalized spacial score (nSPS) is 10.6. The Hall–Kier alpha value is -1.59. The van der Waals surface area contributed by atoms with E-state index in [4.69, 9.17) is 20.9 Å². The second kappa shape index (κ2) is 5.84. The molecule has 96 valence electrons. The lowest BCUT2D eigenvalue weighted by Crippen LogP contribution is -2.08. The van der Waals surface area contributed by atoms with Crippen LogP contribution in [0.5, 0.6) is 5.75 Å². The van der Waals surface area contributed by atoms with Crippen LogP contribution in [-0.2, 0) is 13.2 Å². The maximum absolute atomic E-state index is 6.12. The SMILES string of the molecule is CNCc1cccc(Cl)c1OCc1nc(C)no1. The predicted octanol–water partition coefficient (Wildman–Crippen LogP) is 2.33. The van der Waals surface area contributed by atoms with Crippen LogP contribution >= 0.6 is 11.6 Å². The van der Waals surface area contributed by atoms with E-state index in [0.29, 0.717) is 29.0 Å². The first-order valence-electron chi connectivity index (χ1n) is 5.54. The van der Waals surface area contributed by atoms with Gasteiger partial charge in [0.25, 0.3) is 5.89 Å². The highest BCUT2D eigenvalue weighted by Gasteiger charge is 2.10. The molecule has 5 nitrogen and oxygen atoms in total. The number of hydrogen-bond acceptors (Lipinski definition) is 5. The number of benzene rings is 1. The molecule has 1 heterocycles. The largest absolute Gasteiger partial charge is 0.482 e. The van der Waals surface area contributed by atoms with Crippen LogP contribution < -0.4 is 10.1 Å². The van der Waals surface area contributed by atoms with Crippen LogP contribution in [0.3, 0.4) is 0 Å². The molecule has 0 radical (unpaired) electrons. The first-order chi connectivity index (χ1) is 8.70. The van der Waals surface area contributed by atoms with Crippen LogP contribution in [0.2, 0.25) is 5.02 Å². The topological polar surface area (TPSA) is 60.2 Å². The van der Waals surface area contributed by atoms with Crippen molar-refractivity contribution in [1.29, 1.82) is 0 Å². The maximum Gasteiger partial charge on any atom is 0.264 e. The molecular weight excluding hydrogens is 254 g/mol. The van der Waals surface area contributed by atoms with Crippen LogP contribution in [0.15, 0.2) is 22.7 Å². The van der Waals surface area contributed by atoms with Crippen LogP contribution in [-0.4, -0.2) is 17.2 Å². The number of rotatable bonds is 5. The van der Waals surface area contributed by atoms with Gasteiger partial charge in [0, 0.05) is 12.1 Å². The molecule has 0 fully saturated rings. The number of para-hydroxylation sites is 1. The zero-order chi connectivity index (χ0) is 13.0. The Morgan fingerprint density at radius 1 is 1.44 bits per heavy atom. The lowest BCUT2D eigenvalue weighted by molar-refractivity contribution is 0.240. The van der Waals surface area contributed by atoms with E-state index in [-0.39, 0.29) is 6.61 Å². The summed E-state index contributed by atoms with van der Waals surface area (Å²) in [5, 5.41) is 7.33. The Kier molecular flexibility index (Phi) is 4.17. The highest BCUT2D eigenvalue weighted by atomic mass is 35.5. The molecule has 2 aromatic rings. The molecule has 0 amide bonds. The van der Waals surface area contributed by atoms with Crippen molar-refractivity contribution in [3.63, 3.8) is 0 Å². The first-order valence-corrected chi connectivity index (χ1v) is 5.92. The van der Waals surface area contributed by atoms with Gasteiger partial charge in [-0.3, -0.25) is 0 Å². The van der Waals surface area contributed by atoms with Gasteiger partial charge in [-0.2, -0.15) is 4.98 Å². The second-order valence-electron chi connectivity index (χ2n) is 3.78. The van der Waals surface area contributed by atoms with Crippen LogP contribution in [0.1, 0.15) is 17.3 Å². The number of halogens is 1. The summed E-state index contributed by atoms with van der Waals surface area (Å²) in [5.74, 6) is 1.66. The van der Waals surface area contributed by atoms with Gasteiger partial charge in [0.2, 0.25) is 0 Å². The molecule has 0 atom stereocenters. The van der Waals surface area contributed by atoms with E-state index in [1.807, 2.05) is 19.2 Å². The summed E-state index contributed by atoms with van der Waals surface area (Å²) in [6.45, 7) is 2.65. The van der Waals surface area contributed by atoms with E-state index in [9.17, 15) is 0 Å². The average molecular weight is 268 g/mol. The Morgan fingerprint density at radius 3 is 2.94 bits per heavy atom. The Labute approximate surface area is 110 Å². The summed E-state index contributed by atoms with van der Waals surface area (Å²) >= 11 is 6.12. The number of aryl methyl sites for hydroxylation is 1. The molecule has 0 saturated heterocycles. The van der Waals surface area contributed by atoms with Crippen molar-refractivity contribution in [3.8, 4) is 5.75 Å². The monoisotopic (exact) mass is 267 g/mol. The van der Waals surface area contributed by atoms with Gasteiger partial charge in [-0.1, -0.05) is 28.9 Å². The lowest BCUT2D eigenvalue weighted by Gasteiger charge is -2.11. The number of ether oxygens (including phenoxy) is 1. The fraction of sp³-hybridized carbons (Fsp3) is 0.333. The molecular formula is C12H14ClN3O2. The summed E-state index contributed by atoms with van der Waals surface area (Å²) in [6, 6.07) is 5.63. The van der Waals surface area contributed by atoms with Gasteiger partial charge in [-0.25, -0.2) is 0 Å². The van der Waals surface area contributed by atoms with Gasteiger partial charge in [-0.15, -0.1) is 0 Å². The quantitative estimate of drug-likeness (QED) is 0.901. The minimum Gasteiger partial charge on any atom is -0.482 e. The maximum atomic E-state index is 6.12. The Balaban J connectivity index is 2.12. The molecule has 1 N–H and O–H groups in total. The molecule has 18 heavy (non-hydrogen) atoms. The molecule has 2 rings (SSSR count). The van der Waals surface area contributed by atoms with E-state index in [1.165, 1.54) is 0 Å². The standard InChI is InChI=1S/C12H14ClN3O2/c1-8-15-11(18-16-8)7-17-12-9(6-14-2)4-3-5-10(12)13/h3-5,14H,6-7H2,1-2H3. The Morgan fingerprint density at radius 2 is 2.28 bits per heavy atom. The number of hydrogen-bond donors (Lipinski definition) is 1. The molecule has 0 saturated carbocycles. The molecule has 1 aromatic carbocycles. The smallest absolute Gasteiger partial charge is 0.264 e. The summed E-state index contributed by atoms with van der Waals surface area (Å²) < 4.78 is 10.6. The third kappa shape index (κ3) is 3.00. The van der Waals surface area contributed by atoms with Crippen molar-refractivity contribution < 1.29 is 9.26 Å². The van der Waals surface area contributed by atoms with Crippen molar-refractivity contribution in [1.82, 2.24) is 15.5 Å². The zero-order valence-corrected chi connectivity index (χ0v) is 11.0. The average Bonchev–Trinajstić information content (AvgIpc) is 2.75. The highest BCUT2D eigenvalue weighted by Crippen LogP contribution is 2.29. The molecule has 6 heteroatoms. The van der Waals surface area contributed by atoms with Gasteiger partial charge >= 0.3 is 0 Å². The fourth-order valence-electron chi connectivity index (χ4n) is 1.58. The van der Waals surface area contributed by atoms with Gasteiger partial charge in [-0.05, 0) is 20.0 Å². The first kappa shape index (κ1) is 12.9. The number of nitrogens with one attached hydrogen (secondary N) is 1. The number of aromatic nitrogens is 2. The van der Waals surface area contributed by atoms with E-state index >= 15 is 0 Å². The summed E-state index contributed by atoms with van der Waals surface area (Å²) in [4.78, 5) is 4.07. The molecule has 0 aliphatic rings. The summed E-state index contributed by atoms with van der Waals surface area (Å²) in [6.07, 6.45) is 0. The van der Waals surface area contributed by atoms with Gasteiger partial charge < -0.3 is 14.6 Å². The van der Waals surface area contributed by atoms with E-state index < -0.39 is 0 Å². The lowest BCUT2D eigenvalue weighted by atomic mass is 10.2. The second-order valence-corrected chi connectivity index (χ2v) is 4.19. The van der Waals surface area contributed by atoms with Crippen molar-refractivity contribution in [2.45, 2.75) is 20.1 Å².